The van der Waals surface area contributed by atoms with Crippen LogP contribution < -0.4 is 0 Å². The maximum atomic E-state index is 13.1. The zero-order valence-electron chi connectivity index (χ0n) is 18.6. The molecular formula is C22H32N2O6S. The minimum atomic E-state index is -4.00. The number of aryl methyl sites for hydroxylation is 2. The highest BCUT2D eigenvalue weighted by molar-refractivity contribution is 7.89. The van der Waals surface area contributed by atoms with Crippen LogP contribution in [0.15, 0.2) is 23.1 Å². The highest BCUT2D eigenvalue weighted by Crippen LogP contribution is 2.28. The summed E-state index contributed by atoms with van der Waals surface area (Å²) in [6, 6.07) is 3.60. The highest BCUT2D eigenvalue weighted by atomic mass is 32.2. The van der Waals surface area contributed by atoms with Gasteiger partial charge >= 0.3 is 5.97 Å². The summed E-state index contributed by atoms with van der Waals surface area (Å²) in [5.41, 5.74) is 1.77. The molecule has 3 rings (SSSR count). The lowest BCUT2D eigenvalue weighted by Gasteiger charge is -2.35. The van der Waals surface area contributed by atoms with Crippen molar-refractivity contribution in [1.82, 2.24) is 9.21 Å². The van der Waals surface area contributed by atoms with Crippen molar-refractivity contribution in [3.8, 4) is 0 Å². The second kappa shape index (κ2) is 9.26. The number of rotatable bonds is 5. The van der Waals surface area contributed by atoms with E-state index in [9.17, 15) is 23.1 Å². The molecule has 0 aliphatic carbocycles. The summed E-state index contributed by atoms with van der Waals surface area (Å²) in [4.78, 5) is 27.0. The minimum absolute atomic E-state index is 0.0606. The number of piperidine rings is 1. The first-order valence-corrected chi connectivity index (χ1v) is 12.1. The van der Waals surface area contributed by atoms with Crippen molar-refractivity contribution >= 4 is 21.9 Å². The number of aliphatic hydroxyl groups excluding tert-OH is 1. The third kappa shape index (κ3) is 5.27. The molecule has 1 amide bonds. The molecule has 0 spiro atoms. The Bertz CT molecular complexity index is 937. The highest BCUT2D eigenvalue weighted by Gasteiger charge is 2.44. The second-order valence-electron chi connectivity index (χ2n) is 9.08. The van der Waals surface area contributed by atoms with E-state index in [1.54, 1.807) is 17.0 Å². The van der Waals surface area contributed by atoms with Gasteiger partial charge < -0.3 is 14.7 Å². The van der Waals surface area contributed by atoms with E-state index >= 15 is 0 Å². The van der Waals surface area contributed by atoms with Crippen LogP contribution in [0.3, 0.4) is 0 Å². The minimum Gasteiger partial charge on any atom is -0.454 e. The number of carbonyl (C=O) groups excluding carboxylic acids is 2. The summed E-state index contributed by atoms with van der Waals surface area (Å²) >= 11 is 0. The van der Waals surface area contributed by atoms with Crippen molar-refractivity contribution < 1.29 is 27.9 Å². The van der Waals surface area contributed by atoms with Crippen LogP contribution in [0.2, 0.25) is 0 Å². The van der Waals surface area contributed by atoms with Crippen molar-refractivity contribution in [3.05, 3.63) is 29.3 Å². The smallest absolute Gasteiger partial charge is 0.325 e. The molecule has 0 saturated carbocycles. The molecule has 9 heteroatoms. The van der Waals surface area contributed by atoms with Gasteiger partial charge in [0.1, 0.15) is 6.04 Å². The van der Waals surface area contributed by atoms with Gasteiger partial charge in [0.25, 0.3) is 5.91 Å². The number of nitrogens with zero attached hydrogens (tertiary/aromatic N) is 2. The first kappa shape index (κ1) is 23.7. The van der Waals surface area contributed by atoms with Crippen molar-refractivity contribution in [1.29, 1.82) is 0 Å². The molecule has 0 bridgehead atoms. The molecule has 31 heavy (non-hydrogen) atoms. The first-order chi connectivity index (χ1) is 14.5. The van der Waals surface area contributed by atoms with Crippen molar-refractivity contribution in [2.24, 2.45) is 11.8 Å². The third-order valence-corrected chi connectivity index (χ3v) is 8.02. The number of benzene rings is 1. The van der Waals surface area contributed by atoms with Gasteiger partial charge in [0, 0.05) is 26.1 Å². The van der Waals surface area contributed by atoms with Gasteiger partial charge in [-0.1, -0.05) is 19.9 Å². The Labute approximate surface area is 184 Å². The van der Waals surface area contributed by atoms with E-state index in [2.05, 4.69) is 13.8 Å². The van der Waals surface area contributed by atoms with Gasteiger partial charge in [0.15, 0.2) is 6.61 Å². The molecule has 4 atom stereocenters. The van der Waals surface area contributed by atoms with E-state index in [4.69, 9.17) is 4.74 Å². The zero-order valence-corrected chi connectivity index (χ0v) is 19.4. The number of hydrogen-bond donors (Lipinski definition) is 1. The SMILES string of the molecule is Cc1ccc(S(=O)(=O)N2CC(O)C[C@H]2C(=O)OCC(=O)N2CC(C)CC(C)C2)cc1C. The molecule has 1 N–H and O–H groups in total. The fourth-order valence-corrected chi connectivity index (χ4v) is 6.17. The lowest BCUT2D eigenvalue weighted by atomic mass is 9.92. The number of likely N-dealkylation sites (tertiary alicyclic amines) is 1. The Balaban J connectivity index is 1.69. The van der Waals surface area contributed by atoms with E-state index in [-0.39, 0.29) is 23.8 Å². The van der Waals surface area contributed by atoms with Crippen molar-refractivity contribution in [3.63, 3.8) is 0 Å². The van der Waals surface area contributed by atoms with Crippen LogP contribution in [-0.4, -0.2) is 73.0 Å². The molecule has 1 aromatic carbocycles. The number of carbonyl (C=O) groups is 2. The van der Waals surface area contributed by atoms with Gasteiger partial charge in [-0.05, 0) is 55.4 Å². The Morgan fingerprint density at radius 2 is 1.71 bits per heavy atom. The van der Waals surface area contributed by atoms with Crippen LogP contribution in [0, 0.1) is 25.7 Å². The van der Waals surface area contributed by atoms with E-state index in [0.29, 0.717) is 24.9 Å². The Hall–Kier alpha value is -1.97. The maximum absolute atomic E-state index is 13.1. The molecule has 2 fully saturated rings. The normalized spacial score (nSPS) is 27.3. The lowest BCUT2D eigenvalue weighted by Crippen LogP contribution is -2.46. The molecular weight excluding hydrogens is 420 g/mol. The number of amides is 1. The molecule has 2 aliphatic rings. The zero-order chi connectivity index (χ0) is 22.9. The van der Waals surface area contributed by atoms with Crippen LogP contribution in [0.25, 0.3) is 0 Å². The van der Waals surface area contributed by atoms with Crippen LogP contribution in [0.4, 0.5) is 0 Å². The Morgan fingerprint density at radius 1 is 1.06 bits per heavy atom. The molecule has 3 unspecified atom stereocenters. The van der Waals surface area contributed by atoms with Crippen LogP contribution in [0.1, 0.15) is 37.8 Å². The third-order valence-electron chi connectivity index (χ3n) is 6.15. The topological polar surface area (TPSA) is 104 Å². The molecule has 2 saturated heterocycles. The van der Waals surface area contributed by atoms with Crippen molar-refractivity contribution in [2.45, 2.75) is 57.6 Å². The molecule has 0 radical (unpaired) electrons. The number of ether oxygens (including phenoxy) is 1. The number of esters is 1. The molecule has 0 aromatic heterocycles. The van der Waals surface area contributed by atoms with E-state index in [0.717, 1.165) is 21.9 Å². The molecule has 1 aromatic rings. The van der Waals surface area contributed by atoms with Gasteiger partial charge in [-0.3, -0.25) is 9.59 Å². The summed E-state index contributed by atoms with van der Waals surface area (Å²) in [5.74, 6) is -0.330. The lowest BCUT2D eigenvalue weighted by molar-refractivity contribution is -0.155. The summed E-state index contributed by atoms with van der Waals surface area (Å²) < 4.78 is 32.5. The predicted molar refractivity (Wildman–Crippen MR) is 115 cm³/mol. The average Bonchev–Trinajstić information content (AvgIpc) is 3.09. The summed E-state index contributed by atoms with van der Waals surface area (Å²) in [6.07, 6.45) is 0.0161. The van der Waals surface area contributed by atoms with E-state index in [1.165, 1.54) is 6.07 Å². The number of sulfonamides is 1. The molecule has 8 nitrogen and oxygen atoms in total. The van der Waals surface area contributed by atoms with E-state index < -0.39 is 34.7 Å². The quantitative estimate of drug-likeness (QED) is 0.679. The van der Waals surface area contributed by atoms with Crippen LogP contribution >= 0.6 is 0 Å². The van der Waals surface area contributed by atoms with E-state index in [1.807, 2.05) is 13.8 Å². The molecule has 2 heterocycles. The predicted octanol–water partition coefficient (Wildman–Crippen LogP) is 1.48. The van der Waals surface area contributed by atoms with Gasteiger partial charge in [0.2, 0.25) is 10.0 Å². The largest absolute Gasteiger partial charge is 0.454 e. The summed E-state index contributed by atoms with van der Waals surface area (Å²) in [5, 5.41) is 10.1. The monoisotopic (exact) mass is 452 g/mol. The van der Waals surface area contributed by atoms with Crippen LogP contribution in [0.5, 0.6) is 0 Å². The van der Waals surface area contributed by atoms with Gasteiger partial charge in [-0.15, -0.1) is 0 Å². The second-order valence-corrected chi connectivity index (χ2v) is 11.0. The average molecular weight is 453 g/mol. The first-order valence-electron chi connectivity index (χ1n) is 10.7. The number of aliphatic hydroxyl groups is 1. The fourth-order valence-electron chi connectivity index (χ4n) is 4.46. The van der Waals surface area contributed by atoms with Gasteiger partial charge in [0.05, 0.1) is 11.0 Å². The summed E-state index contributed by atoms with van der Waals surface area (Å²) in [7, 11) is -4.00. The number of hydrogen-bond acceptors (Lipinski definition) is 6. The fraction of sp³-hybridized carbons (Fsp3) is 0.636. The van der Waals surface area contributed by atoms with Crippen molar-refractivity contribution in [2.75, 3.05) is 26.2 Å². The molecule has 172 valence electrons. The standard InChI is InChI=1S/C22H32N2O6S/c1-14-7-15(2)11-23(10-14)21(26)13-30-22(27)20-9-18(25)12-24(20)31(28,29)19-6-5-16(3)17(4)8-19/h5-6,8,14-15,18,20,25H,7,9-13H2,1-4H3/t14?,15?,18?,20-/m0/s1. The molecule has 2 aliphatic heterocycles. The number of β-amino-alcohol motifs (C(OH)–C–C–N with tert-alkyl or cyclic N) is 1. The maximum Gasteiger partial charge on any atom is 0.325 e. The Kier molecular flexibility index (Phi) is 7.08. The van der Waals surface area contributed by atoms with Gasteiger partial charge in [-0.25, -0.2) is 8.42 Å². The van der Waals surface area contributed by atoms with Gasteiger partial charge in [-0.2, -0.15) is 4.31 Å². The van der Waals surface area contributed by atoms with Crippen LogP contribution in [-0.2, 0) is 24.3 Å². The Morgan fingerprint density at radius 3 is 2.32 bits per heavy atom. The summed E-state index contributed by atoms with van der Waals surface area (Å²) in [6.45, 7) is 8.48.